The minimum absolute atomic E-state index is 0.0220. The van der Waals surface area contributed by atoms with Crippen molar-refractivity contribution in [2.24, 2.45) is 11.1 Å². The summed E-state index contributed by atoms with van der Waals surface area (Å²) in [5.74, 6) is 0.0114. The van der Waals surface area contributed by atoms with Crippen molar-refractivity contribution in [3.8, 4) is 0 Å². The lowest BCUT2D eigenvalue weighted by Gasteiger charge is -2.42. The van der Waals surface area contributed by atoms with Crippen molar-refractivity contribution in [2.45, 2.75) is 32.2 Å². The summed E-state index contributed by atoms with van der Waals surface area (Å²) in [6, 6.07) is 9.98. The van der Waals surface area contributed by atoms with Gasteiger partial charge in [-0.15, -0.1) is 0 Å². The van der Waals surface area contributed by atoms with Crippen LogP contribution in [0.1, 0.15) is 47.0 Å². The fourth-order valence-electron chi connectivity index (χ4n) is 5.67. The van der Waals surface area contributed by atoms with E-state index in [4.69, 9.17) is 5.73 Å². The summed E-state index contributed by atoms with van der Waals surface area (Å²) in [6.45, 7) is 7.05. The highest BCUT2D eigenvalue weighted by Crippen LogP contribution is 2.50. The number of aromatic nitrogens is 5. The first kappa shape index (κ1) is 21.7. The van der Waals surface area contributed by atoms with Crippen LogP contribution in [0.5, 0.6) is 0 Å². The Bertz CT molecular complexity index is 1530. The lowest BCUT2D eigenvalue weighted by atomic mass is 9.73. The Hall–Kier alpha value is -3.85. The summed E-state index contributed by atoms with van der Waals surface area (Å²) in [5, 5.41) is 7.34. The number of nitrogens with zero attached hydrogens (tertiary/aromatic N) is 4. The first-order valence-corrected chi connectivity index (χ1v) is 11.8. The van der Waals surface area contributed by atoms with Gasteiger partial charge in [-0.2, -0.15) is 10.1 Å². The molecule has 4 heterocycles. The van der Waals surface area contributed by atoms with Crippen LogP contribution in [0.4, 0.5) is 10.3 Å². The first-order chi connectivity index (χ1) is 16.9. The van der Waals surface area contributed by atoms with Crippen LogP contribution in [-0.4, -0.2) is 38.2 Å². The smallest absolute Gasteiger partial charge is 0.264 e. The predicted octanol–water partition coefficient (Wildman–Crippen LogP) is 3.39. The molecule has 0 radical (unpaired) electrons. The van der Waals surface area contributed by atoms with Gasteiger partial charge in [0, 0.05) is 36.5 Å². The Morgan fingerprint density at radius 3 is 2.80 bits per heavy atom. The Morgan fingerprint density at radius 1 is 1.26 bits per heavy atom. The predicted molar refractivity (Wildman–Crippen MR) is 133 cm³/mol. The number of nitrogens with two attached hydrogens (primary N) is 1. The van der Waals surface area contributed by atoms with Crippen LogP contribution in [0.25, 0.3) is 16.6 Å². The zero-order valence-corrected chi connectivity index (χ0v) is 19.4. The molecular formula is C26H26FN7O. The molecule has 35 heavy (non-hydrogen) atoms. The highest BCUT2D eigenvalue weighted by Gasteiger charge is 2.46. The maximum Gasteiger partial charge on any atom is 0.264 e. The molecule has 4 N–H and O–H groups in total. The highest BCUT2D eigenvalue weighted by molar-refractivity contribution is 5.92. The second-order valence-electron chi connectivity index (χ2n) is 9.62. The lowest BCUT2D eigenvalue weighted by Crippen LogP contribution is -2.45. The Morgan fingerprint density at radius 2 is 2.03 bits per heavy atom. The van der Waals surface area contributed by atoms with Gasteiger partial charge in [0.15, 0.2) is 11.5 Å². The highest BCUT2D eigenvalue weighted by atomic mass is 19.1. The number of H-pyrrole nitrogens is 2. The summed E-state index contributed by atoms with van der Waals surface area (Å²) in [5.41, 5.74) is 10.4. The molecule has 2 aliphatic rings. The van der Waals surface area contributed by atoms with Gasteiger partial charge in [0.25, 0.3) is 5.56 Å². The van der Waals surface area contributed by atoms with E-state index in [1.54, 1.807) is 6.92 Å². The van der Waals surface area contributed by atoms with Crippen molar-refractivity contribution >= 4 is 22.6 Å². The molecule has 0 saturated carbocycles. The molecular weight excluding hydrogens is 445 g/mol. The molecule has 1 spiro atoms. The Balaban J connectivity index is 1.27. The number of anilines is 1. The average Bonchev–Trinajstić information content (AvgIpc) is 3.41. The summed E-state index contributed by atoms with van der Waals surface area (Å²) < 4.78 is 14.6. The van der Waals surface area contributed by atoms with E-state index >= 15 is 0 Å². The number of nitrogens with one attached hydrogen (secondary N) is 2. The number of hydrogen-bond acceptors (Lipinski definition) is 6. The van der Waals surface area contributed by atoms with Gasteiger partial charge in [-0.3, -0.25) is 19.9 Å². The average molecular weight is 472 g/mol. The van der Waals surface area contributed by atoms with Crippen LogP contribution in [-0.2, 0) is 6.42 Å². The Labute approximate surface area is 201 Å². The quantitative estimate of drug-likeness (QED) is 0.422. The topological polar surface area (TPSA) is 117 Å². The van der Waals surface area contributed by atoms with Crippen LogP contribution in [0.2, 0.25) is 0 Å². The molecule has 1 aliphatic carbocycles. The van der Waals surface area contributed by atoms with Gasteiger partial charge < -0.3 is 10.6 Å². The third-order valence-electron chi connectivity index (χ3n) is 7.74. The molecule has 0 bridgehead atoms. The second-order valence-corrected chi connectivity index (χ2v) is 9.62. The molecule has 1 aromatic carbocycles. The second kappa shape index (κ2) is 7.84. The number of benzene rings is 1. The monoisotopic (exact) mass is 471 g/mol. The maximum absolute atomic E-state index is 14.6. The fraction of sp³-hybridized carbons (Fsp3) is 0.308. The van der Waals surface area contributed by atoms with Crippen molar-refractivity contribution in [3.05, 3.63) is 87.4 Å². The largest absolute Gasteiger partial charge is 0.342 e. The number of aromatic amines is 2. The maximum atomic E-state index is 14.6. The molecule has 178 valence electrons. The molecule has 9 heteroatoms. The van der Waals surface area contributed by atoms with Gasteiger partial charge in [-0.25, -0.2) is 4.39 Å². The van der Waals surface area contributed by atoms with Crippen LogP contribution in [0, 0.1) is 18.2 Å². The van der Waals surface area contributed by atoms with E-state index in [1.807, 2.05) is 6.07 Å². The molecule has 8 nitrogen and oxygen atoms in total. The fourth-order valence-corrected chi connectivity index (χ4v) is 5.67. The number of fused-ring (bicyclic) bond motifs is 2. The first-order valence-electron chi connectivity index (χ1n) is 11.8. The van der Waals surface area contributed by atoms with E-state index in [0.717, 1.165) is 32.4 Å². The number of halogens is 1. The zero-order chi connectivity index (χ0) is 24.3. The Kier molecular flexibility index (Phi) is 4.86. The third kappa shape index (κ3) is 3.30. The van der Waals surface area contributed by atoms with Crippen LogP contribution >= 0.6 is 0 Å². The summed E-state index contributed by atoms with van der Waals surface area (Å²) in [7, 11) is 0. The summed E-state index contributed by atoms with van der Waals surface area (Å²) in [4.78, 5) is 26.7. The third-order valence-corrected chi connectivity index (χ3v) is 7.74. The lowest BCUT2D eigenvalue weighted by molar-refractivity contribution is 0.187. The van der Waals surface area contributed by atoms with Crippen molar-refractivity contribution < 1.29 is 4.39 Å². The molecule has 0 unspecified atom stereocenters. The molecule has 1 fully saturated rings. The van der Waals surface area contributed by atoms with Gasteiger partial charge in [0.2, 0.25) is 5.95 Å². The van der Waals surface area contributed by atoms with Gasteiger partial charge in [0.05, 0.1) is 5.69 Å². The minimum Gasteiger partial charge on any atom is -0.342 e. The van der Waals surface area contributed by atoms with Crippen LogP contribution < -0.4 is 16.2 Å². The number of aryl methyl sites for hydroxylation is 1. The molecule has 0 amide bonds. The summed E-state index contributed by atoms with van der Waals surface area (Å²) >= 11 is 0. The van der Waals surface area contributed by atoms with E-state index in [2.05, 4.69) is 54.8 Å². The minimum atomic E-state index is -0.482. The van der Waals surface area contributed by atoms with Gasteiger partial charge >= 0.3 is 0 Å². The van der Waals surface area contributed by atoms with E-state index in [9.17, 15) is 9.18 Å². The number of piperidine rings is 1. The van der Waals surface area contributed by atoms with E-state index < -0.39 is 5.82 Å². The van der Waals surface area contributed by atoms with Gasteiger partial charge in [0.1, 0.15) is 11.1 Å². The van der Waals surface area contributed by atoms with E-state index in [1.165, 1.54) is 23.4 Å². The number of pyridine rings is 1. The number of rotatable bonds is 3. The van der Waals surface area contributed by atoms with Crippen LogP contribution in [0.3, 0.4) is 0 Å². The van der Waals surface area contributed by atoms with E-state index in [0.29, 0.717) is 17.2 Å². The van der Waals surface area contributed by atoms with Crippen molar-refractivity contribution in [2.75, 3.05) is 18.0 Å². The number of hydrogen-bond donors (Lipinski definition) is 3. The van der Waals surface area contributed by atoms with Gasteiger partial charge in [-0.05, 0) is 48.8 Å². The summed E-state index contributed by atoms with van der Waals surface area (Å²) in [6.07, 6.45) is 4.32. The molecule has 4 aromatic rings. The zero-order valence-electron chi connectivity index (χ0n) is 19.4. The van der Waals surface area contributed by atoms with E-state index in [-0.39, 0.29) is 39.4 Å². The van der Waals surface area contributed by atoms with Crippen molar-refractivity contribution in [1.29, 1.82) is 0 Å². The van der Waals surface area contributed by atoms with Crippen molar-refractivity contribution in [1.82, 2.24) is 25.1 Å². The molecule has 1 atom stereocenters. The standard InChI is InChI=1S/C26H26FN7O/c1-14(17-7-10-29-15(2)20(17)27)21-19-23(33-32-21)30-25(31-24(19)35)34-11-8-26(9-12-34)13-16-5-3-4-6-18(16)22(26)28/h3-7,10,22H,1,8-9,11-13,28H2,2H3,(H2,30,31,32,33,35)/t22-/m1/s1. The molecule has 1 saturated heterocycles. The van der Waals surface area contributed by atoms with Crippen molar-refractivity contribution in [3.63, 3.8) is 0 Å². The van der Waals surface area contributed by atoms with Crippen LogP contribution in [0.15, 0.2) is 47.9 Å². The molecule has 3 aromatic heterocycles. The molecule has 1 aliphatic heterocycles. The van der Waals surface area contributed by atoms with Gasteiger partial charge in [-0.1, -0.05) is 30.8 Å². The molecule has 6 rings (SSSR count). The normalized spacial score (nSPS) is 18.8. The SMILES string of the molecule is C=C(c1ccnc(C)c1F)c1n[nH]c2nc(N3CCC4(CC3)Cc3ccccc3[C@H]4N)[nH]c(=O)c12.